The van der Waals surface area contributed by atoms with E-state index < -0.39 is 0 Å². The maximum absolute atomic E-state index is 13.0. The van der Waals surface area contributed by atoms with Crippen molar-refractivity contribution < 1.29 is 13.9 Å². The molecule has 0 N–H and O–H groups in total. The Hall–Kier alpha value is -2.94. The maximum Gasteiger partial charge on any atom is 0.198 e. The lowest BCUT2D eigenvalue weighted by atomic mass is 10.1. The highest BCUT2D eigenvalue weighted by Crippen LogP contribution is 2.42. The summed E-state index contributed by atoms with van der Waals surface area (Å²) in [6.07, 6.45) is 0. The number of benzene rings is 3. The van der Waals surface area contributed by atoms with Gasteiger partial charge in [-0.05, 0) is 41.5 Å². The van der Waals surface area contributed by atoms with Gasteiger partial charge in [0, 0.05) is 5.56 Å². The van der Waals surface area contributed by atoms with E-state index in [1.165, 1.54) is 12.1 Å². The molecule has 0 spiro atoms. The van der Waals surface area contributed by atoms with E-state index in [4.69, 9.17) is 4.74 Å². The molecule has 0 heterocycles. The van der Waals surface area contributed by atoms with Crippen LogP contribution in [0.25, 0.3) is 11.1 Å². The molecule has 4 rings (SSSR count). The van der Waals surface area contributed by atoms with Gasteiger partial charge in [0.1, 0.15) is 17.3 Å². The number of carbonyl (C=O) groups is 1. The zero-order chi connectivity index (χ0) is 15.1. The molecule has 1 aliphatic rings. The first kappa shape index (κ1) is 12.8. The fraction of sp³-hybridized carbons (Fsp3) is 0. The summed E-state index contributed by atoms with van der Waals surface area (Å²) >= 11 is 0. The number of rotatable bonds is 2. The van der Waals surface area contributed by atoms with Crippen LogP contribution >= 0.6 is 0 Å². The molecular formula is C19H11FO2. The van der Waals surface area contributed by atoms with Crippen LogP contribution in [-0.2, 0) is 0 Å². The minimum atomic E-state index is -0.325. The summed E-state index contributed by atoms with van der Waals surface area (Å²) < 4.78 is 18.8. The molecular weight excluding hydrogens is 279 g/mol. The average Bonchev–Trinajstić information content (AvgIpc) is 2.84. The van der Waals surface area contributed by atoms with Crippen LogP contribution in [0.1, 0.15) is 15.9 Å². The third-order valence-electron chi connectivity index (χ3n) is 3.76. The number of fused-ring (bicyclic) bond motifs is 3. The molecule has 0 aromatic heterocycles. The number of ketones is 1. The van der Waals surface area contributed by atoms with E-state index in [0.29, 0.717) is 22.6 Å². The van der Waals surface area contributed by atoms with E-state index in [-0.39, 0.29) is 11.6 Å². The summed E-state index contributed by atoms with van der Waals surface area (Å²) in [4.78, 5) is 12.6. The second kappa shape index (κ2) is 4.81. The number of ether oxygens (including phenoxy) is 1. The predicted octanol–water partition coefficient (Wildman–Crippen LogP) is 4.83. The number of hydrogen-bond acceptors (Lipinski definition) is 2. The lowest BCUT2D eigenvalue weighted by Gasteiger charge is -2.09. The van der Waals surface area contributed by atoms with Crippen molar-refractivity contribution in [3.63, 3.8) is 0 Å². The van der Waals surface area contributed by atoms with Gasteiger partial charge in [-0.3, -0.25) is 4.79 Å². The molecule has 22 heavy (non-hydrogen) atoms. The van der Waals surface area contributed by atoms with Crippen LogP contribution in [0.5, 0.6) is 11.5 Å². The molecule has 3 heteroatoms. The molecule has 0 fully saturated rings. The SMILES string of the molecule is O=C1c2ccccc2-c2cccc(Oc3ccc(F)cc3)c21. The standard InChI is InChI=1S/C19H11FO2/c20-12-8-10-13(11-9-12)22-17-7-3-6-15-14-4-1-2-5-16(14)19(21)18(15)17/h1-11H. The Kier molecular flexibility index (Phi) is 2.79. The first-order chi connectivity index (χ1) is 10.7. The molecule has 106 valence electrons. The second-order valence-corrected chi connectivity index (χ2v) is 5.11. The zero-order valence-electron chi connectivity index (χ0n) is 11.5. The van der Waals surface area contributed by atoms with Crippen molar-refractivity contribution >= 4 is 5.78 Å². The van der Waals surface area contributed by atoms with Crippen LogP contribution in [0.3, 0.4) is 0 Å². The molecule has 0 amide bonds. The highest BCUT2D eigenvalue weighted by atomic mass is 19.1. The van der Waals surface area contributed by atoms with E-state index in [1.54, 1.807) is 18.2 Å². The summed E-state index contributed by atoms with van der Waals surface area (Å²) in [7, 11) is 0. The topological polar surface area (TPSA) is 26.3 Å². The quantitative estimate of drug-likeness (QED) is 0.528. The second-order valence-electron chi connectivity index (χ2n) is 5.11. The van der Waals surface area contributed by atoms with E-state index in [2.05, 4.69) is 0 Å². The maximum atomic E-state index is 13.0. The molecule has 1 aliphatic carbocycles. The lowest BCUT2D eigenvalue weighted by Crippen LogP contribution is -1.98. The molecule has 0 saturated carbocycles. The first-order valence-electron chi connectivity index (χ1n) is 6.94. The van der Waals surface area contributed by atoms with E-state index in [1.807, 2.05) is 36.4 Å². The normalized spacial score (nSPS) is 12.0. The molecule has 0 saturated heterocycles. The van der Waals surface area contributed by atoms with Gasteiger partial charge in [-0.2, -0.15) is 0 Å². The monoisotopic (exact) mass is 290 g/mol. The predicted molar refractivity (Wildman–Crippen MR) is 81.8 cm³/mol. The highest BCUT2D eigenvalue weighted by molar-refractivity contribution is 6.23. The van der Waals surface area contributed by atoms with E-state index in [9.17, 15) is 9.18 Å². The van der Waals surface area contributed by atoms with Crippen LogP contribution in [0.4, 0.5) is 4.39 Å². The molecule has 0 radical (unpaired) electrons. The molecule has 3 aromatic rings. The van der Waals surface area contributed by atoms with Crippen molar-refractivity contribution in [3.05, 3.63) is 83.7 Å². The molecule has 0 atom stereocenters. The van der Waals surface area contributed by atoms with E-state index >= 15 is 0 Å². The average molecular weight is 290 g/mol. The molecule has 2 nitrogen and oxygen atoms in total. The zero-order valence-corrected chi connectivity index (χ0v) is 11.5. The number of halogens is 1. The Bertz CT molecular complexity index is 882. The van der Waals surface area contributed by atoms with Crippen LogP contribution in [0.2, 0.25) is 0 Å². The third kappa shape index (κ3) is 1.91. The minimum Gasteiger partial charge on any atom is -0.457 e. The largest absolute Gasteiger partial charge is 0.457 e. The molecule has 3 aromatic carbocycles. The van der Waals surface area contributed by atoms with Gasteiger partial charge >= 0.3 is 0 Å². The Morgan fingerprint density at radius 2 is 1.41 bits per heavy atom. The minimum absolute atomic E-state index is 0.0386. The van der Waals surface area contributed by atoms with Crippen LogP contribution in [0.15, 0.2) is 66.7 Å². The Labute approximate surface area is 126 Å². The summed E-state index contributed by atoms with van der Waals surface area (Å²) in [5.41, 5.74) is 3.05. The summed E-state index contributed by atoms with van der Waals surface area (Å²) in [5.74, 6) is 0.626. The van der Waals surface area contributed by atoms with Gasteiger partial charge in [-0.25, -0.2) is 4.39 Å². The Morgan fingerprint density at radius 1 is 0.727 bits per heavy atom. The van der Waals surface area contributed by atoms with Crippen LogP contribution in [0, 0.1) is 5.82 Å². The van der Waals surface area contributed by atoms with Crippen molar-refractivity contribution in [2.45, 2.75) is 0 Å². The van der Waals surface area contributed by atoms with Crippen LogP contribution < -0.4 is 4.74 Å². The van der Waals surface area contributed by atoms with Gasteiger partial charge in [0.05, 0.1) is 5.56 Å². The highest BCUT2D eigenvalue weighted by Gasteiger charge is 2.29. The van der Waals surface area contributed by atoms with Gasteiger partial charge in [0.15, 0.2) is 5.78 Å². The van der Waals surface area contributed by atoms with Gasteiger partial charge < -0.3 is 4.74 Å². The molecule has 0 unspecified atom stereocenters. The summed E-state index contributed by atoms with van der Waals surface area (Å²) in [6, 6.07) is 18.8. The van der Waals surface area contributed by atoms with Gasteiger partial charge in [0.2, 0.25) is 0 Å². The third-order valence-corrected chi connectivity index (χ3v) is 3.76. The van der Waals surface area contributed by atoms with Gasteiger partial charge in [0.25, 0.3) is 0 Å². The smallest absolute Gasteiger partial charge is 0.198 e. The summed E-state index contributed by atoms with van der Waals surface area (Å²) in [5, 5.41) is 0. The molecule has 0 aliphatic heterocycles. The lowest BCUT2D eigenvalue weighted by molar-refractivity contribution is 0.104. The van der Waals surface area contributed by atoms with Crippen LogP contribution in [-0.4, -0.2) is 5.78 Å². The number of hydrogen-bond donors (Lipinski definition) is 0. The Morgan fingerprint density at radius 3 is 2.18 bits per heavy atom. The summed E-state index contributed by atoms with van der Waals surface area (Å²) in [6.45, 7) is 0. The van der Waals surface area contributed by atoms with Gasteiger partial charge in [-0.1, -0.05) is 36.4 Å². The van der Waals surface area contributed by atoms with Crippen molar-refractivity contribution in [1.29, 1.82) is 0 Å². The fourth-order valence-corrected chi connectivity index (χ4v) is 2.76. The van der Waals surface area contributed by atoms with Crippen molar-refractivity contribution in [1.82, 2.24) is 0 Å². The first-order valence-corrected chi connectivity index (χ1v) is 6.94. The fourth-order valence-electron chi connectivity index (χ4n) is 2.76. The number of carbonyl (C=O) groups excluding carboxylic acids is 1. The van der Waals surface area contributed by atoms with E-state index in [0.717, 1.165) is 11.1 Å². The Balaban J connectivity index is 1.81. The van der Waals surface area contributed by atoms with Gasteiger partial charge in [-0.15, -0.1) is 0 Å². The van der Waals surface area contributed by atoms with Crippen molar-refractivity contribution in [3.8, 4) is 22.6 Å². The van der Waals surface area contributed by atoms with Crippen molar-refractivity contribution in [2.24, 2.45) is 0 Å². The van der Waals surface area contributed by atoms with Crippen molar-refractivity contribution in [2.75, 3.05) is 0 Å². The molecule has 0 bridgehead atoms.